The van der Waals surface area contributed by atoms with Crippen LogP contribution in [0.5, 0.6) is 0 Å². The maximum atomic E-state index is 13.1. The van der Waals surface area contributed by atoms with E-state index in [9.17, 15) is 4.57 Å². The molecule has 0 aromatic heterocycles. The molecule has 0 N–H and O–H groups in total. The Labute approximate surface area is 145 Å². The van der Waals surface area contributed by atoms with Crippen LogP contribution in [0.2, 0.25) is 0 Å². The topological polar surface area (TPSA) is 17.1 Å². The average Bonchev–Trinajstić information content (AvgIpc) is 2.54. The Bertz CT molecular complexity index is 322. The lowest BCUT2D eigenvalue weighted by atomic mass is 10.2. The first-order valence-corrected chi connectivity index (χ1v) is 11.7. The van der Waals surface area contributed by atoms with Gasteiger partial charge in [0.1, 0.15) is 7.14 Å². The zero-order valence-corrected chi connectivity index (χ0v) is 16.7. The summed E-state index contributed by atoms with van der Waals surface area (Å²) in [6.07, 6.45) is 20.6. The summed E-state index contributed by atoms with van der Waals surface area (Å²) in [5, 5.41) is 0. The van der Waals surface area contributed by atoms with Crippen LogP contribution in [0.25, 0.3) is 0 Å². The number of allylic oxidation sites excluding steroid dienone is 3. The second-order valence-corrected chi connectivity index (χ2v) is 8.83. The van der Waals surface area contributed by atoms with E-state index in [0.717, 1.165) is 19.3 Å². The quantitative estimate of drug-likeness (QED) is 0.216. The van der Waals surface area contributed by atoms with Gasteiger partial charge in [-0.15, -0.1) is 0 Å². The highest BCUT2D eigenvalue weighted by atomic mass is 31.2. The lowest BCUT2D eigenvalue weighted by Crippen LogP contribution is -1.75. The van der Waals surface area contributed by atoms with Gasteiger partial charge in [-0.05, 0) is 56.0 Å². The Morgan fingerprint density at radius 1 is 0.565 bits per heavy atom. The highest BCUT2D eigenvalue weighted by Crippen LogP contribution is 2.51. The molecule has 0 atom stereocenters. The normalized spacial score (nSPS) is 15.1. The average molecular weight is 339 g/mol. The predicted molar refractivity (Wildman–Crippen MR) is 107 cm³/mol. The van der Waals surface area contributed by atoms with Crippen LogP contribution in [0, 0.1) is 0 Å². The summed E-state index contributed by atoms with van der Waals surface area (Å²) < 4.78 is 13.1. The van der Waals surface area contributed by atoms with Gasteiger partial charge in [0.05, 0.1) is 0 Å². The Morgan fingerprint density at radius 2 is 0.870 bits per heavy atom. The first-order chi connectivity index (χ1) is 11.2. The van der Waals surface area contributed by atoms with Gasteiger partial charge in [-0.3, -0.25) is 0 Å². The SMILES string of the molecule is CCCCCC=CP(=O)(C=CCCCCC)C=CCCCCC. The Balaban J connectivity index is 4.52. The number of hydrogen-bond donors (Lipinski definition) is 0. The van der Waals surface area contributed by atoms with Crippen LogP contribution >= 0.6 is 7.14 Å². The fourth-order valence-corrected chi connectivity index (χ4v) is 4.14. The van der Waals surface area contributed by atoms with E-state index in [4.69, 9.17) is 0 Å². The summed E-state index contributed by atoms with van der Waals surface area (Å²) in [6, 6.07) is 0. The molecule has 0 aromatic rings. The Kier molecular flexibility index (Phi) is 15.9. The van der Waals surface area contributed by atoms with Crippen molar-refractivity contribution < 1.29 is 4.57 Å². The van der Waals surface area contributed by atoms with Crippen LogP contribution in [0.1, 0.15) is 97.8 Å². The molecule has 0 saturated carbocycles. The Hall–Kier alpha value is -0.550. The highest BCUT2D eigenvalue weighted by Gasteiger charge is 2.08. The van der Waals surface area contributed by atoms with Gasteiger partial charge in [0.15, 0.2) is 0 Å². The van der Waals surface area contributed by atoms with Crippen molar-refractivity contribution in [2.45, 2.75) is 97.8 Å². The molecule has 0 radical (unpaired) electrons. The van der Waals surface area contributed by atoms with Crippen molar-refractivity contribution in [3.63, 3.8) is 0 Å². The van der Waals surface area contributed by atoms with E-state index in [1.54, 1.807) is 0 Å². The zero-order chi connectivity index (χ0) is 17.2. The third-order valence-electron chi connectivity index (χ3n) is 3.94. The first-order valence-electron chi connectivity index (χ1n) is 9.80. The summed E-state index contributed by atoms with van der Waals surface area (Å²) in [5.41, 5.74) is 0. The molecular weight excluding hydrogens is 299 g/mol. The molecule has 1 nitrogen and oxygen atoms in total. The fraction of sp³-hybridized carbons (Fsp3) is 0.714. The lowest BCUT2D eigenvalue weighted by molar-refractivity contribution is 0.591. The third kappa shape index (κ3) is 14.8. The van der Waals surface area contributed by atoms with Gasteiger partial charge in [-0.2, -0.15) is 0 Å². The van der Waals surface area contributed by atoms with Gasteiger partial charge >= 0.3 is 0 Å². The minimum Gasteiger partial charge on any atom is -0.311 e. The predicted octanol–water partition coefficient (Wildman–Crippen LogP) is 8.63. The van der Waals surface area contributed by atoms with E-state index in [1.165, 1.54) is 57.8 Å². The van der Waals surface area contributed by atoms with Crippen molar-refractivity contribution in [1.29, 1.82) is 0 Å². The van der Waals surface area contributed by atoms with Crippen LogP contribution in [0.15, 0.2) is 35.7 Å². The molecule has 0 amide bonds. The summed E-state index contributed by atoms with van der Waals surface area (Å²) in [4.78, 5) is 0. The number of hydrogen-bond acceptors (Lipinski definition) is 1. The molecule has 0 aliphatic heterocycles. The summed E-state index contributed by atoms with van der Waals surface area (Å²) in [6.45, 7) is 6.64. The van der Waals surface area contributed by atoms with Crippen LogP contribution in [0.4, 0.5) is 0 Å². The minimum absolute atomic E-state index is 1.05. The van der Waals surface area contributed by atoms with Crippen LogP contribution in [0.3, 0.4) is 0 Å². The second-order valence-electron chi connectivity index (χ2n) is 6.41. The molecule has 0 saturated heterocycles. The van der Waals surface area contributed by atoms with Crippen molar-refractivity contribution in [2.24, 2.45) is 0 Å². The van der Waals surface area contributed by atoms with Crippen molar-refractivity contribution in [1.82, 2.24) is 0 Å². The van der Waals surface area contributed by atoms with Crippen LogP contribution in [-0.2, 0) is 4.57 Å². The van der Waals surface area contributed by atoms with Crippen molar-refractivity contribution in [3.8, 4) is 0 Å². The van der Waals surface area contributed by atoms with E-state index in [0.29, 0.717) is 0 Å². The van der Waals surface area contributed by atoms with Crippen molar-refractivity contribution in [3.05, 3.63) is 35.7 Å². The van der Waals surface area contributed by atoms with Crippen LogP contribution < -0.4 is 0 Å². The van der Waals surface area contributed by atoms with E-state index >= 15 is 0 Å². The first kappa shape index (κ1) is 22.4. The monoisotopic (exact) mass is 338 g/mol. The molecule has 0 unspecified atom stereocenters. The third-order valence-corrected chi connectivity index (χ3v) is 5.97. The van der Waals surface area contributed by atoms with Gasteiger partial charge in [-0.1, -0.05) is 77.5 Å². The van der Waals surface area contributed by atoms with Gasteiger partial charge in [0.2, 0.25) is 0 Å². The van der Waals surface area contributed by atoms with E-state index in [1.807, 2.05) is 17.5 Å². The smallest absolute Gasteiger partial charge is 0.149 e. The van der Waals surface area contributed by atoms with Crippen molar-refractivity contribution in [2.75, 3.05) is 0 Å². The summed E-state index contributed by atoms with van der Waals surface area (Å²) >= 11 is 0. The van der Waals surface area contributed by atoms with E-state index in [-0.39, 0.29) is 0 Å². The van der Waals surface area contributed by atoms with E-state index < -0.39 is 7.14 Å². The van der Waals surface area contributed by atoms with Gasteiger partial charge < -0.3 is 4.57 Å². The molecule has 0 rings (SSSR count). The van der Waals surface area contributed by atoms with Gasteiger partial charge in [0, 0.05) is 0 Å². The maximum absolute atomic E-state index is 13.1. The fourth-order valence-electron chi connectivity index (χ4n) is 2.40. The Morgan fingerprint density at radius 3 is 1.13 bits per heavy atom. The molecule has 23 heavy (non-hydrogen) atoms. The standard InChI is InChI=1S/C21H39OP/c1-4-7-10-13-16-19-23(22,20-17-14-11-8-5-2)21-18-15-12-9-6-3/h16-21H,4-15H2,1-3H3. The molecule has 0 bridgehead atoms. The number of unbranched alkanes of at least 4 members (excludes halogenated alkanes) is 9. The lowest BCUT2D eigenvalue weighted by Gasteiger charge is -2.04. The van der Waals surface area contributed by atoms with Crippen LogP contribution in [-0.4, -0.2) is 0 Å². The molecule has 2 heteroatoms. The number of rotatable bonds is 15. The molecule has 0 fully saturated rings. The summed E-state index contributed by atoms with van der Waals surface area (Å²) in [7, 11) is -2.41. The highest BCUT2D eigenvalue weighted by molar-refractivity contribution is 7.73. The molecular formula is C21H39OP. The van der Waals surface area contributed by atoms with Gasteiger partial charge in [0.25, 0.3) is 0 Å². The molecule has 0 spiro atoms. The summed E-state index contributed by atoms with van der Waals surface area (Å²) in [5.74, 6) is 5.90. The molecule has 0 heterocycles. The molecule has 134 valence electrons. The largest absolute Gasteiger partial charge is 0.311 e. The molecule has 0 aromatic carbocycles. The minimum atomic E-state index is -2.41. The zero-order valence-electron chi connectivity index (χ0n) is 15.8. The maximum Gasteiger partial charge on any atom is 0.149 e. The molecule has 0 aliphatic rings. The van der Waals surface area contributed by atoms with E-state index in [2.05, 4.69) is 39.0 Å². The van der Waals surface area contributed by atoms with Crippen molar-refractivity contribution >= 4 is 7.14 Å². The molecule has 0 aliphatic carbocycles. The second kappa shape index (κ2) is 16.3. The van der Waals surface area contributed by atoms with Gasteiger partial charge in [-0.25, -0.2) is 0 Å².